The molecule has 1 atom stereocenters. The lowest BCUT2D eigenvalue weighted by molar-refractivity contribution is -0.139. The monoisotopic (exact) mass is 366 g/mol. The molecule has 2 rings (SSSR count). The molecule has 0 bridgehead atoms. The Morgan fingerprint density at radius 1 is 1.20 bits per heavy atom. The number of aryl methyl sites for hydroxylation is 1. The number of hydrogen-bond donors (Lipinski definition) is 2. The second kappa shape index (κ2) is 7.08. The van der Waals surface area contributed by atoms with E-state index in [1.807, 2.05) is 0 Å². The van der Waals surface area contributed by atoms with Crippen LogP contribution in [0.15, 0.2) is 45.7 Å². The van der Waals surface area contributed by atoms with Gasteiger partial charge >= 0.3 is 5.97 Å². The Balaban J connectivity index is 2.31. The fraction of sp³-hybridized carbons (Fsp3) is 0.250. The molecule has 2 N–H and O–H groups in total. The fourth-order valence-corrected chi connectivity index (χ4v) is 3.22. The van der Waals surface area contributed by atoms with E-state index in [-0.39, 0.29) is 16.4 Å². The highest BCUT2D eigenvalue weighted by Gasteiger charge is 2.28. The van der Waals surface area contributed by atoms with E-state index in [1.54, 1.807) is 30.3 Å². The number of benzene rings is 1. The van der Waals surface area contributed by atoms with Crippen molar-refractivity contribution in [1.82, 2.24) is 9.62 Å². The van der Waals surface area contributed by atoms with Gasteiger partial charge in [-0.15, -0.1) is 0 Å². The molecule has 25 heavy (non-hydrogen) atoms. The molecule has 1 aromatic heterocycles. The molecule has 0 spiro atoms. The highest BCUT2D eigenvalue weighted by Crippen LogP contribution is 2.23. The summed E-state index contributed by atoms with van der Waals surface area (Å²) in [6.45, 7) is 1.42. The molecule has 0 aliphatic heterocycles. The van der Waals surface area contributed by atoms with E-state index in [1.165, 1.54) is 21.0 Å². The Bertz CT molecular complexity index is 887. The summed E-state index contributed by atoms with van der Waals surface area (Å²) in [7, 11) is -1.06. The third-order valence-corrected chi connectivity index (χ3v) is 5.43. The Kier molecular flexibility index (Phi) is 5.29. The van der Waals surface area contributed by atoms with Gasteiger partial charge in [0.1, 0.15) is 10.7 Å². The number of carbonyl (C=O) groups is 2. The molecule has 0 radical (unpaired) electrons. The summed E-state index contributed by atoms with van der Waals surface area (Å²) in [5.41, 5.74) is 0.382. The zero-order valence-electron chi connectivity index (χ0n) is 13.9. The number of carbonyl (C=O) groups excluding carboxylic acids is 1. The molecule has 0 aliphatic carbocycles. The number of amides is 1. The number of nitrogens with zero attached hydrogens (tertiary/aromatic N) is 1. The number of furan rings is 1. The minimum absolute atomic E-state index is 0.0467. The summed E-state index contributed by atoms with van der Waals surface area (Å²) in [5.74, 6) is -2.30. The normalized spacial score (nSPS) is 12.8. The van der Waals surface area contributed by atoms with Crippen molar-refractivity contribution in [2.24, 2.45) is 0 Å². The lowest BCUT2D eigenvalue weighted by atomic mass is 10.1. The summed E-state index contributed by atoms with van der Waals surface area (Å²) in [4.78, 5) is 23.6. The van der Waals surface area contributed by atoms with Crippen molar-refractivity contribution in [2.45, 2.75) is 17.9 Å². The average Bonchev–Trinajstić information content (AvgIpc) is 2.95. The van der Waals surface area contributed by atoms with Gasteiger partial charge in [0.25, 0.3) is 5.91 Å². The molecular weight excluding hydrogens is 348 g/mol. The molecule has 0 unspecified atom stereocenters. The van der Waals surface area contributed by atoms with Crippen molar-refractivity contribution >= 4 is 21.9 Å². The average molecular weight is 366 g/mol. The lowest BCUT2D eigenvalue weighted by Gasteiger charge is -2.13. The zero-order valence-corrected chi connectivity index (χ0v) is 14.7. The van der Waals surface area contributed by atoms with Crippen LogP contribution in [0.2, 0.25) is 0 Å². The van der Waals surface area contributed by atoms with E-state index < -0.39 is 27.9 Å². The summed E-state index contributed by atoms with van der Waals surface area (Å²) in [6.07, 6.45) is 0. The molecule has 0 saturated heterocycles. The van der Waals surface area contributed by atoms with Gasteiger partial charge in [-0.1, -0.05) is 30.3 Å². The molecule has 0 aliphatic rings. The third kappa shape index (κ3) is 3.89. The van der Waals surface area contributed by atoms with Gasteiger partial charge in [-0.25, -0.2) is 17.5 Å². The van der Waals surface area contributed by atoms with Crippen LogP contribution in [0.1, 0.15) is 27.9 Å². The predicted octanol–water partition coefficient (Wildman–Crippen LogP) is 1.39. The molecule has 1 heterocycles. The predicted molar refractivity (Wildman–Crippen MR) is 88.6 cm³/mol. The van der Waals surface area contributed by atoms with Gasteiger partial charge in [0.05, 0.1) is 0 Å². The molecular formula is C16H18N2O6S. The maximum Gasteiger partial charge on any atom is 0.330 e. The van der Waals surface area contributed by atoms with Gasteiger partial charge in [0.15, 0.2) is 11.8 Å². The van der Waals surface area contributed by atoms with Crippen LogP contribution in [-0.2, 0) is 14.8 Å². The van der Waals surface area contributed by atoms with E-state index in [9.17, 15) is 23.1 Å². The van der Waals surface area contributed by atoms with Crippen molar-refractivity contribution in [3.63, 3.8) is 0 Å². The molecule has 134 valence electrons. The van der Waals surface area contributed by atoms with Crippen LogP contribution in [0.3, 0.4) is 0 Å². The molecule has 1 aromatic carbocycles. The number of hydrogen-bond acceptors (Lipinski definition) is 5. The number of carboxylic acid groups (broad SMARTS) is 1. The van der Waals surface area contributed by atoms with Crippen LogP contribution in [0.4, 0.5) is 0 Å². The first-order valence-electron chi connectivity index (χ1n) is 7.26. The minimum atomic E-state index is -3.77. The van der Waals surface area contributed by atoms with Crippen LogP contribution in [0, 0.1) is 6.92 Å². The van der Waals surface area contributed by atoms with Crippen molar-refractivity contribution in [2.75, 3.05) is 14.1 Å². The first-order valence-corrected chi connectivity index (χ1v) is 8.70. The number of rotatable bonds is 6. The molecule has 0 saturated carbocycles. The van der Waals surface area contributed by atoms with Crippen LogP contribution < -0.4 is 5.32 Å². The SMILES string of the molecule is Cc1oc(C(=O)N[C@@H](C(=O)O)c2ccccc2)cc1S(=O)(=O)N(C)C. The van der Waals surface area contributed by atoms with Crippen molar-refractivity contribution < 1.29 is 27.5 Å². The van der Waals surface area contributed by atoms with Crippen LogP contribution in [-0.4, -0.2) is 43.8 Å². The number of sulfonamides is 1. The van der Waals surface area contributed by atoms with E-state index in [0.29, 0.717) is 5.56 Å². The Morgan fingerprint density at radius 3 is 2.32 bits per heavy atom. The molecule has 2 aromatic rings. The summed E-state index contributed by atoms with van der Waals surface area (Å²) in [5, 5.41) is 11.7. The first-order chi connectivity index (χ1) is 11.6. The molecule has 8 nitrogen and oxygen atoms in total. The van der Waals surface area contributed by atoms with E-state index in [0.717, 1.165) is 10.4 Å². The van der Waals surface area contributed by atoms with Gasteiger partial charge in [-0.2, -0.15) is 0 Å². The van der Waals surface area contributed by atoms with Gasteiger partial charge in [-0.3, -0.25) is 4.79 Å². The second-order valence-electron chi connectivity index (χ2n) is 5.47. The summed E-state index contributed by atoms with van der Waals surface area (Å²) < 4.78 is 30.6. The lowest BCUT2D eigenvalue weighted by Crippen LogP contribution is -2.33. The highest BCUT2D eigenvalue weighted by molar-refractivity contribution is 7.89. The van der Waals surface area contributed by atoms with Gasteiger partial charge in [0, 0.05) is 20.2 Å². The molecule has 9 heteroatoms. The molecule has 0 fully saturated rings. The Morgan fingerprint density at radius 2 is 1.80 bits per heavy atom. The summed E-state index contributed by atoms with van der Waals surface area (Å²) >= 11 is 0. The highest BCUT2D eigenvalue weighted by atomic mass is 32.2. The number of carboxylic acids is 1. The van der Waals surface area contributed by atoms with Gasteiger partial charge in [-0.05, 0) is 12.5 Å². The van der Waals surface area contributed by atoms with Crippen molar-refractivity contribution in [3.8, 4) is 0 Å². The maximum absolute atomic E-state index is 12.3. The number of aliphatic carboxylic acids is 1. The molecule has 1 amide bonds. The number of nitrogens with one attached hydrogen (secondary N) is 1. The van der Waals surface area contributed by atoms with E-state index in [2.05, 4.69) is 5.32 Å². The smallest absolute Gasteiger partial charge is 0.330 e. The van der Waals surface area contributed by atoms with E-state index >= 15 is 0 Å². The third-order valence-electron chi connectivity index (χ3n) is 3.51. The van der Waals surface area contributed by atoms with Crippen LogP contribution in [0.25, 0.3) is 0 Å². The van der Waals surface area contributed by atoms with Gasteiger partial charge in [0.2, 0.25) is 10.0 Å². The maximum atomic E-state index is 12.3. The second-order valence-corrected chi connectivity index (χ2v) is 7.59. The van der Waals surface area contributed by atoms with E-state index in [4.69, 9.17) is 4.42 Å². The first kappa shape index (κ1) is 18.7. The fourth-order valence-electron chi connectivity index (χ4n) is 2.17. The summed E-state index contributed by atoms with van der Waals surface area (Å²) in [6, 6.07) is 7.95. The standard InChI is InChI=1S/C16H18N2O6S/c1-10-13(25(22,23)18(2)3)9-12(24-10)15(19)17-14(16(20)21)11-7-5-4-6-8-11/h4-9,14H,1-3H3,(H,17,19)(H,20,21)/t14-/m1/s1. The topological polar surface area (TPSA) is 117 Å². The minimum Gasteiger partial charge on any atom is -0.479 e. The van der Waals surface area contributed by atoms with Crippen molar-refractivity contribution in [1.29, 1.82) is 0 Å². The quantitative estimate of drug-likeness (QED) is 0.798. The Labute approximate surface area is 145 Å². The largest absolute Gasteiger partial charge is 0.479 e. The zero-order chi connectivity index (χ0) is 18.8. The Hall–Kier alpha value is -2.65. The van der Waals surface area contributed by atoms with Gasteiger partial charge < -0.3 is 14.8 Å². The van der Waals surface area contributed by atoms with Crippen molar-refractivity contribution in [3.05, 3.63) is 53.5 Å². The van der Waals surface area contributed by atoms with Crippen LogP contribution >= 0.6 is 0 Å². The van der Waals surface area contributed by atoms with Crippen LogP contribution in [0.5, 0.6) is 0 Å².